The molecule has 0 saturated heterocycles. The fourth-order valence-electron chi connectivity index (χ4n) is 1.56. The predicted octanol–water partition coefficient (Wildman–Crippen LogP) is 2.77. The average molecular weight is 265 g/mol. The summed E-state index contributed by atoms with van der Waals surface area (Å²) in [6.45, 7) is 1.96. The molecule has 0 fully saturated rings. The van der Waals surface area contributed by atoms with Gasteiger partial charge in [0.05, 0.1) is 7.11 Å². The summed E-state index contributed by atoms with van der Waals surface area (Å²) >= 11 is 6.00. The van der Waals surface area contributed by atoms with E-state index in [-0.39, 0.29) is 5.82 Å². The third kappa shape index (κ3) is 2.46. The molecule has 2 rings (SSSR count). The summed E-state index contributed by atoms with van der Waals surface area (Å²) in [6, 6.07) is 5.68. The zero-order chi connectivity index (χ0) is 13.1. The molecule has 0 radical (unpaired) electrons. The molecule has 0 unspecified atom stereocenters. The van der Waals surface area contributed by atoms with Gasteiger partial charge in [-0.15, -0.1) is 0 Å². The predicted molar refractivity (Wildman–Crippen MR) is 72.5 cm³/mol. The Hall–Kier alpha value is -2.01. The van der Waals surface area contributed by atoms with Gasteiger partial charge in [0.2, 0.25) is 0 Å². The fraction of sp³-hybridized carbons (Fsp3) is 0.167. The van der Waals surface area contributed by atoms with Crippen LogP contribution in [0.4, 0.5) is 17.3 Å². The Kier molecular flexibility index (Phi) is 3.53. The third-order valence-electron chi connectivity index (χ3n) is 2.47. The van der Waals surface area contributed by atoms with Gasteiger partial charge in [0.15, 0.2) is 5.82 Å². The second-order valence-corrected chi connectivity index (χ2v) is 4.11. The van der Waals surface area contributed by atoms with Crippen molar-refractivity contribution >= 4 is 28.9 Å². The van der Waals surface area contributed by atoms with Crippen LogP contribution < -0.4 is 15.8 Å². The number of methoxy groups -OCH3 is 1. The maximum Gasteiger partial charge on any atom is 0.154 e. The number of rotatable bonds is 3. The molecule has 94 valence electrons. The van der Waals surface area contributed by atoms with Crippen LogP contribution in [0.15, 0.2) is 24.5 Å². The van der Waals surface area contributed by atoms with E-state index < -0.39 is 0 Å². The molecule has 0 saturated carbocycles. The highest BCUT2D eigenvalue weighted by molar-refractivity contribution is 6.35. The average Bonchev–Trinajstić information content (AvgIpc) is 2.35. The van der Waals surface area contributed by atoms with Crippen LogP contribution in [0.3, 0.4) is 0 Å². The molecular weight excluding hydrogens is 252 g/mol. The lowest BCUT2D eigenvalue weighted by atomic mass is 10.2. The number of aryl methyl sites for hydroxylation is 1. The summed E-state index contributed by atoms with van der Waals surface area (Å²) in [7, 11) is 1.64. The van der Waals surface area contributed by atoms with E-state index in [0.29, 0.717) is 10.8 Å². The molecule has 0 spiro atoms. The van der Waals surface area contributed by atoms with Gasteiger partial charge in [-0.05, 0) is 30.7 Å². The van der Waals surface area contributed by atoms with Crippen LogP contribution in [0.25, 0.3) is 0 Å². The van der Waals surface area contributed by atoms with Crippen LogP contribution in [0.2, 0.25) is 5.02 Å². The van der Waals surface area contributed by atoms with Crippen molar-refractivity contribution in [1.29, 1.82) is 0 Å². The van der Waals surface area contributed by atoms with Crippen LogP contribution in [0.1, 0.15) is 5.56 Å². The van der Waals surface area contributed by atoms with E-state index in [4.69, 9.17) is 22.1 Å². The smallest absolute Gasteiger partial charge is 0.154 e. The van der Waals surface area contributed by atoms with Gasteiger partial charge in [0.1, 0.15) is 22.9 Å². The largest absolute Gasteiger partial charge is 0.496 e. The first-order valence-electron chi connectivity index (χ1n) is 5.29. The van der Waals surface area contributed by atoms with Crippen LogP contribution >= 0.6 is 11.6 Å². The number of aromatic nitrogens is 2. The third-order valence-corrected chi connectivity index (χ3v) is 2.85. The van der Waals surface area contributed by atoms with Crippen molar-refractivity contribution in [3.05, 3.63) is 35.1 Å². The SMILES string of the molecule is COc1ccc(Nc2ncnc(N)c2Cl)cc1C. The second-order valence-electron chi connectivity index (χ2n) is 3.73. The Bertz CT molecular complexity index is 574. The number of nitrogens with one attached hydrogen (secondary N) is 1. The Morgan fingerprint density at radius 3 is 2.78 bits per heavy atom. The number of nitrogen functional groups attached to an aromatic ring is 1. The first kappa shape index (κ1) is 12.4. The van der Waals surface area contributed by atoms with Crippen molar-refractivity contribution in [3.8, 4) is 5.75 Å². The maximum atomic E-state index is 6.00. The number of anilines is 3. The Morgan fingerprint density at radius 1 is 1.33 bits per heavy atom. The molecule has 0 aliphatic heterocycles. The van der Waals surface area contributed by atoms with Crippen molar-refractivity contribution < 1.29 is 4.74 Å². The summed E-state index contributed by atoms with van der Waals surface area (Å²) < 4.78 is 5.19. The van der Waals surface area contributed by atoms with Gasteiger partial charge in [-0.1, -0.05) is 11.6 Å². The van der Waals surface area contributed by atoms with Gasteiger partial charge in [0.25, 0.3) is 0 Å². The molecule has 3 N–H and O–H groups in total. The highest BCUT2D eigenvalue weighted by Gasteiger charge is 2.07. The Morgan fingerprint density at radius 2 is 2.11 bits per heavy atom. The van der Waals surface area contributed by atoms with Crippen LogP contribution in [0.5, 0.6) is 5.75 Å². The zero-order valence-electron chi connectivity index (χ0n) is 10.1. The van der Waals surface area contributed by atoms with E-state index in [1.165, 1.54) is 6.33 Å². The van der Waals surface area contributed by atoms with Gasteiger partial charge in [-0.3, -0.25) is 0 Å². The molecule has 0 bridgehead atoms. The van der Waals surface area contributed by atoms with Gasteiger partial charge < -0.3 is 15.8 Å². The first-order valence-corrected chi connectivity index (χ1v) is 5.67. The molecule has 1 aromatic heterocycles. The van der Waals surface area contributed by atoms with E-state index in [2.05, 4.69) is 15.3 Å². The van der Waals surface area contributed by atoms with Crippen molar-refractivity contribution in [2.24, 2.45) is 0 Å². The highest BCUT2D eigenvalue weighted by Crippen LogP contribution is 2.28. The quantitative estimate of drug-likeness (QED) is 0.892. The number of benzene rings is 1. The topological polar surface area (TPSA) is 73.1 Å². The van der Waals surface area contributed by atoms with Crippen LogP contribution in [0, 0.1) is 6.92 Å². The minimum Gasteiger partial charge on any atom is -0.496 e. The number of nitrogens with two attached hydrogens (primary N) is 1. The number of nitrogens with zero attached hydrogens (tertiary/aromatic N) is 2. The lowest BCUT2D eigenvalue weighted by Crippen LogP contribution is -2.00. The number of hydrogen-bond donors (Lipinski definition) is 2. The second kappa shape index (κ2) is 5.10. The monoisotopic (exact) mass is 264 g/mol. The fourth-order valence-corrected chi connectivity index (χ4v) is 1.71. The summed E-state index contributed by atoms with van der Waals surface area (Å²) in [6.07, 6.45) is 1.36. The highest BCUT2D eigenvalue weighted by atomic mass is 35.5. The minimum absolute atomic E-state index is 0.249. The lowest BCUT2D eigenvalue weighted by Gasteiger charge is -2.10. The van der Waals surface area contributed by atoms with E-state index in [1.807, 2.05) is 25.1 Å². The molecule has 0 aliphatic carbocycles. The van der Waals surface area contributed by atoms with Gasteiger partial charge >= 0.3 is 0 Å². The molecule has 5 nitrogen and oxygen atoms in total. The summed E-state index contributed by atoms with van der Waals surface area (Å²) in [5.74, 6) is 1.56. The molecule has 2 aromatic rings. The Balaban J connectivity index is 2.29. The van der Waals surface area contributed by atoms with Gasteiger partial charge in [-0.2, -0.15) is 0 Å². The van der Waals surface area contributed by atoms with Crippen molar-refractivity contribution in [2.45, 2.75) is 6.92 Å². The van der Waals surface area contributed by atoms with E-state index in [9.17, 15) is 0 Å². The molecule has 6 heteroatoms. The van der Waals surface area contributed by atoms with Crippen molar-refractivity contribution in [2.75, 3.05) is 18.2 Å². The first-order chi connectivity index (χ1) is 8.61. The van der Waals surface area contributed by atoms with E-state index in [1.54, 1.807) is 7.11 Å². The normalized spacial score (nSPS) is 10.2. The number of hydrogen-bond acceptors (Lipinski definition) is 5. The molecule has 1 heterocycles. The number of ether oxygens (including phenoxy) is 1. The minimum atomic E-state index is 0.249. The van der Waals surface area contributed by atoms with Gasteiger partial charge in [-0.25, -0.2) is 9.97 Å². The maximum absolute atomic E-state index is 6.00. The molecule has 0 atom stereocenters. The summed E-state index contributed by atoms with van der Waals surface area (Å²) in [5.41, 5.74) is 7.48. The molecule has 18 heavy (non-hydrogen) atoms. The molecule has 1 aromatic carbocycles. The lowest BCUT2D eigenvalue weighted by molar-refractivity contribution is 0.412. The van der Waals surface area contributed by atoms with Crippen LogP contribution in [-0.4, -0.2) is 17.1 Å². The van der Waals surface area contributed by atoms with E-state index >= 15 is 0 Å². The van der Waals surface area contributed by atoms with Gasteiger partial charge in [0, 0.05) is 5.69 Å². The standard InChI is InChI=1S/C12H13ClN4O/c1-7-5-8(3-4-9(7)18-2)17-12-10(13)11(14)15-6-16-12/h3-6H,1-2H3,(H3,14,15,16,17). The molecule has 0 amide bonds. The molecular formula is C12H13ClN4O. The summed E-state index contributed by atoms with van der Waals surface area (Å²) in [4.78, 5) is 7.84. The summed E-state index contributed by atoms with van der Waals surface area (Å²) in [5, 5.41) is 3.40. The Labute approximate surface area is 110 Å². The molecule has 0 aliphatic rings. The van der Waals surface area contributed by atoms with E-state index in [0.717, 1.165) is 17.0 Å². The zero-order valence-corrected chi connectivity index (χ0v) is 10.8. The number of halogens is 1. The van der Waals surface area contributed by atoms with Crippen molar-refractivity contribution in [1.82, 2.24) is 9.97 Å². The van der Waals surface area contributed by atoms with Crippen LogP contribution in [-0.2, 0) is 0 Å². The van der Waals surface area contributed by atoms with Crippen molar-refractivity contribution in [3.63, 3.8) is 0 Å².